The Morgan fingerprint density at radius 2 is 2.07 bits per heavy atom. The lowest BCUT2D eigenvalue weighted by Gasteiger charge is -2.25. The largest absolute Gasteiger partial charge is 0.297 e. The Labute approximate surface area is 166 Å². The molecule has 1 amide bonds. The first-order valence-corrected chi connectivity index (χ1v) is 10.8. The molecule has 3 aromatic rings. The highest BCUT2D eigenvalue weighted by Gasteiger charge is 2.18. The van der Waals surface area contributed by atoms with E-state index in [1.807, 2.05) is 30.5 Å². The molecule has 0 aromatic carbocycles. The van der Waals surface area contributed by atoms with Crippen LogP contribution in [0.3, 0.4) is 0 Å². The molecule has 1 saturated heterocycles. The Bertz CT molecular complexity index is 915. The molecule has 1 N–H and O–H groups in total. The maximum atomic E-state index is 12.7. The van der Waals surface area contributed by atoms with E-state index in [0.717, 1.165) is 36.0 Å². The summed E-state index contributed by atoms with van der Waals surface area (Å²) >= 11 is 2.83. The van der Waals surface area contributed by atoms with Crippen LogP contribution in [-0.4, -0.2) is 38.8 Å². The van der Waals surface area contributed by atoms with Gasteiger partial charge in [-0.25, -0.2) is 9.97 Å². The van der Waals surface area contributed by atoms with Crippen LogP contribution in [0, 0.1) is 6.92 Å². The van der Waals surface area contributed by atoms with Crippen molar-refractivity contribution in [3.05, 3.63) is 46.0 Å². The van der Waals surface area contributed by atoms with E-state index in [2.05, 4.69) is 25.2 Å². The second kappa shape index (κ2) is 8.24. The SMILES string of the molecule is Cc1nc(-c2ccccn2)sc1C(=O)Nc1nc(CN2CCCCC2)cs1. The number of amides is 1. The predicted octanol–water partition coefficient (Wildman–Crippen LogP) is 4.21. The molecule has 4 rings (SSSR count). The summed E-state index contributed by atoms with van der Waals surface area (Å²) in [4.78, 5) is 29.1. The molecule has 0 saturated carbocycles. The van der Waals surface area contributed by atoms with Crippen molar-refractivity contribution in [3.63, 3.8) is 0 Å². The number of rotatable bonds is 5. The van der Waals surface area contributed by atoms with Crippen LogP contribution >= 0.6 is 22.7 Å². The number of nitrogens with one attached hydrogen (secondary N) is 1. The lowest BCUT2D eigenvalue weighted by molar-refractivity contribution is 0.103. The summed E-state index contributed by atoms with van der Waals surface area (Å²) < 4.78 is 0. The van der Waals surface area contributed by atoms with Gasteiger partial charge in [0.1, 0.15) is 9.88 Å². The molecule has 0 unspecified atom stereocenters. The first-order chi connectivity index (χ1) is 13.2. The monoisotopic (exact) mass is 399 g/mol. The van der Waals surface area contributed by atoms with Gasteiger partial charge in [0.2, 0.25) is 0 Å². The van der Waals surface area contributed by atoms with Gasteiger partial charge >= 0.3 is 0 Å². The Morgan fingerprint density at radius 3 is 2.85 bits per heavy atom. The van der Waals surface area contributed by atoms with E-state index in [1.165, 1.54) is 41.9 Å². The average Bonchev–Trinajstić information content (AvgIpc) is 3.29. The van der Waals surface area contributed by atoms with Crippen molar-refractivity contribution in [2.75, 3.05) is 18.4 Å². The predicted molar refractivity (Wildman–Crippen MR) is 109 cm³/mol. The van der Waals surface area contributed by atoms with Crippen molar-refractivity contribution in [2.45, 2.75) is 32.7 Å². The average molecular weight is 400 g/mol. The Kier molecular flexibility index (Phi) is 5.56. The second-order valence-corrected chi connectivity index (χ2v) is 8.44. The van der Waals surface area contributed by atoms with E-state index in [9.17, 15) is 4.79 Å². The van der Waals surface area contributed by atoms with Crippen LogP contribution in [0.25, 0.3) is 10.7 Å². The van der Waals surface area contributed by atoms with Crippen molar-refractivity contribution in [1.29, 1.82) is 0 Å². The summed E-state index contributed by atoms with van der Waals surface area (Å²) in [5.74, 6) is -0.161. The van der Waals surface area contributed by atoms with Crippen molar-refractivity contribution < 1.29 is 4.79 Å². The Balaban J connectivity index is 1.43. The molecule has 0 aliphatic carbocycles. The van der Waals surface area contributed by atoms with Gasteiger partial charge < -0.3 is 0 Å². The number of nitrogens with zero attached hydrogens (tertiary/aromatic N) is 4. The third-order valence-electron chi connectivity index (χ3n) is 4.49. The standard InChI is InChI=1S/C19H21N5OS2/c1-13-16(27-18(21-13)15-7-3-4-8-20-15)17(25)23-19-22-14(12-26-19)11-24-9-5-2-6-10-24/h3-4,7-8,12H,2,5-6,9-11H2,1H3,(H,22,23,25). The number of carbonyl (C=O) groups is 1. The summed E-state index contributed by atoms with van der Waals surface area (Å²) in [5.41, 5.74) is 2.51. The first kappa shape index (κ1) is 18.2. The van der Waals surface area contributed by atoms with Crippen LogP contribution in [0.15, 0.2) is 29.8 Å². The van der Waals surface area contributed by atoms with Gasteiger partial charge in [0, 0.05) is 18.1 Å². The number of aromatic nitrogens is 3. The van der Waals surface area contributed by atoms with Crippen LogP contribution in [0.5, 0.6) is 0 Å². The van der Waals surface area contributed by atoms with Crippen LogP contribution in [0.2, 0.25) is 0 Å². The van der Waals surface area contributed by atoms with Gasteiger partial charge in [-0.15, -0.1) is 22.7 Å². The quantitative estimate of drug-likeness (QED) is 0.696. The maximum Gasteiger partial charge on any atom is 0.269 e. The minimum absolute atomic E-state index is 0.161. The number of carbonyl (C=O) groups excluding carboxylic acids is 1. The van der Waals surface area contributed by atoms with Gasteiger partial charge in [0.25, 0.3) is 5.91 Å². The number of piperidine rings is 1. The highest BCUT2D eigenvalue weighted by atomic mass is 32.1. The first-order valence-electron chi connectivity index (χ1n) is 9.06. The number of hydrogen-bond acceptors (Lipinski definition) is 7. The van der Waals surface area contributed by atoms with Crippen LogP contribution < -0.4 is 5.32 Å². The van der Waals surface area contributed by atoms with Gasteiger partial charge in [-0.05, 0) is 45.0 Å². The molecule has 0 spiro atoms. The van der Waals surface area contributed by atoms with E-state index in [0.29, 0.717) is 15.7 Å². The van der Waals surface area contributed by atoms with Crippen molar-refractivity contribution in [3.8, 4) is 10.7 Å². The fourth-order valence-corrected chi connectivity index (χ4v) is 4.78. The zero-order valence-electron chi connectivity index (χ0n) is 15.1. The summed E-state index contributed by atoms with van der Waals surface area (Å²) in [6.45, 7) is 4.97. The highest BCUT2D eigenvalue weighted by Crippen LogP contribution is 2.27. The molecule has 0 bridgehead atoms. The summed E-state index contributed by atoms with van der Waals surface area (Å²) in [5, 5.41) is 6.34. The maximum absolute atomic E-state index is 12.7. The fourth-order valence-electron chi connectivity index (χ4n) is 3.14. The zero-order valence-corrected chi connectivity index (χ0v) is 16.8. The minimum atomic E-state index is -0.161. The molecule has 6 nitrogen and oxygen atoms in total. The molecule has 8 heteroatoms. The summed E-state index contributed by atoms with van der Waals surface area (Å²) in [6, 6.07) is 5.67. The number of pyridine rings is 1. The van der Waals surface area contributed by atoms with E-state index < -0.39 is 0 Å². The van der Waals surface area contributed by atoms with E-state index in [4.69, 9.17) is 0 Å². The lowest BCUT2D eigenvalue weighted by atomic mass is 10.1. The Hall–Kier alpha value is -2.16. The lowest BCUT2D eigenvalue weighted by Crippen LogP contribution is -2.29. The van der Waals surface area contributed by atoms with E-state index in [-0.39, 0.29) is 5.91 Å². The molecular formula is C19H21N5OS2. The van der Waals surface area contributed by atoms with Crippen LogP contribution in [0.1, 0.15) is 40.3 Å². The van der Waals surface area contributed by atoms with Gasteiger partial charge in [-0.1, -0.05) is 12.5 Å². The summed E-state index contributed by atoms with van der Waals surface area (Å²) in [6.07, 6.45) is 5.57. The molecule has 27 heavy (non-hydrogen) atoms. The fraction of sp³-hybridized carbons (Fsp3) is 0.368. The zero-order chi connectivity index (χ0) is 18.6. The number of anilines is 1. The van der Waals surface area contributed by atoms with Gasteiger partial charge in [-0.3, -0.25) is 20.0 Å². The molecule has 0 atom stereocenters. The topological polar surface area (TPSA) is 71.0 Å². The molecule has 1 aliphatic heterocycles. The smallest absolute Gasteiger partial charge is 0.269 e. The van der Waals surface area contributed by atoms with Crippen molar-refractivity contribution in [2.24, 2.45) is 0 Å². The molecule has 140 valence electrons. The van der Waals surface area contributed by atoms with Crippen molar-refractivity contribution in [1.82, 2.24) is 19.9 Å². The van der Waals surface area contributed by atoms with Crippen molar-refractivity contribution >= 4 is 33.7 Å². The number of likely N-dealkylation sites (tertiary alicyclic amines) is 1. The highest BCUT2D eigenvalue weighted by molar-refractivity contribution is 7.17. The van der Waals surface area contributed by atoms with Gasteiger partial charge in [0.05, 0.1) is 17.1 Å². The Morgan fingerprint density at radius 1 is 1.22 bits per heavy atom. The molecule has 1 aliphatic rings. The van der Waals surface area contributed by atoms with E-state index in [1.54, 1.807) is 6.20 Å². The van der Waals surface area contributed by atoms with E-state index >= 15 is 0 Å². The number of aryl methyl sites for hydroxylation is 1. The normalized spacial score (nSPS) is 15.0. The third-order valence-corrected chi connectivity index (χ3v) is 6.48. The van der Waals surface area contributed by atoms with Gasteiger partial charge in [-0.2, -0.15) is 0 Å². The molecule has 1 fully saturated rings. The molecule has 0 radical (unpaired) electrons. The minimum Gasteiger partial charge on any atom is -0.297 e. The van der Waals surface area contributed by atoms with Crippen LogP contribution in [0.4, 0.5) is 5.13 Å². The van der Waals surface area contributed by atoms with Gasteiger partial charge in [0.15, 0.2) is 5.13 Å². The molecule has 4 heterocycles. The summed E-state index contributed by atoms with van der Waals surface area (Å²) in [7, 11) is 0. The third kappa shape index (κ3) is 4.40. The molecule has 3 aromatic heterocycles. The second-order valence-electron chi connectivity index (χ2n) is 6.58. The number of hydrogen-bond donors (Lipinski definition) is 1. The molecular weight excluding hydrogens is 378 g/mol. The van der Waals surface area contributed by atoms with Crippen LogP contribution in [-0.2, 0) is 6.54 Å². The number of thiazole rings is 2.